The van der Waals surface area contributed by atoms with Crippen LogP contribution in [-0.2, 0) is 11.8 Å². The van der Waals surface area contributed by atoms with E-state index in [0.717, 1.165) is 17.0 Å². The highest BCUT2D eigenvalue weighted by atomic mass is 35.5. The number of piperidine rings is 1. The van der Waals surface area contributed by atoms with Crippen molar-refractivity contribution in [3.63, 3.8) is 0 Å². The van der Waals surface area contributed by atoms with Gasteiger partial charge in [-0.25, -0.2) is 0 Å². The normalized spacial score (nSPS) is 37.6. The number of hydrogen-bond donors (Lipinski definition) is 0. The van der Waals surface area contributed by atoms with Crippen molar-refractivity contribution < 1.29 is 0 Å². The monoisotopic (exact) mass is 275 g/mol. The lowest BCUT2D eigenvalue weighted by molar-refractivity contribution is 0.00287. The molecule has 1 saturated heterocycles. The highest BCUT2D eigenvalue weighted by molar-refractivity contribution is 6.30. The second-order valence-electron chi connectivity index (χ2n) is 6.81. The molecule has 0 amide bonds. The van der Waals surface area contributed by atoms with E-state index in [2.05, 4.69) is 30.1 Å². The van der Waals surface area contributed by atoms with Gasteiger partial charge in [-0.15, -0.1) is 0 Å². The third-order valence-electron chi connectivity index (χ3n) is 6.08. The summed E-state index contributed by atoms with van der Waals surface area (Å²) in [6.45, 7) is 1.26. The fraction of sp³-hybridized carbons (Fsp3) is 0.647. The van der Waals surface area contributed by atoms with Crippen LogP contribution in [0.5, 0.6) is 0 Å². The molecule has 3 aliphatic rings. The first-order chi connectivity index (χ1) is 9.21. The first kappa shape index (κ1) is 12.2. The molecule has 0 N–H and O–H groups in total. The van der Waals surface area contributed by atoms with E-state index in [9.17, 15) is 0 Å². The summed E-state index contributed by atoms with van der Waals surface area (Å²) < 4.78 is 0. The third-order valence-corrected chi connectivity index (χ3v) is 6.31. The van der Waals surface area contributed by atoms with E-state index in [1.165, 1.54) is 45.1 Å². The standard InChI is InChI=1S/C17H22ClN/c1-19-9-8-17-7-3-2-4-14(17)16(19)10-12-5-6-13(18)11-15(12)17/h5-6,11,14,16H,2-4,7-10H2,1H3/t14?,16-,17+/m1/s1. The van der Waals surface area contributed by atoms with Crippen LogP contribution < -0.4 is 0 Å². The maximum atomic E-state index is 6.30. The van der Waals surface area contributed by atoms with Gasteiger partial charge in [-0.1, -0.05) is 30.5 Å². The summed E-state index contributed by atoms with van der Waals surface area (Å²) in [4.78, 5) is 2.62. The lowest BCUT2D eigenvalue weighted by Gasteiger charge is -2.58. The van der Waals surface area contributed by atoms with Crippen molar-refractivity contribution in [2.75, 3.05) is 13.6 Å². The zero-order chi connectivity index (χ0) is 13.0. The largest absolute Gasteiger partial charge is 0.303 e. The summed E-state index contributed by atoms with van der Waals surface area (Å²) in [7, 11) is 2.32. The first-order valence-electron chi connectivity index (χ1n) is 7.70. The van der Waals surface area contributed by atoms with Crippen LogP contribution in [0.3, 0.4) is 0 Å². The SMILES string of the molecule is CN1CC[C@@]23CCCCC2[C@H]1Cc1ccc(Cl)cc13. The Kier molecular flexibility index (Phi) is 2.72. The van der Waals surface area contributed by atoms with Gasteiger partial charge in [-0.2, -0.15) is 0 Å². The van der Waals surface area contributed by atoms with E-state index in [-0.39, 0.29) is 0 Å². The van der Waals surface area contributed by atoms with Gasteiger partial charge >= 0.3 is 0 Å². The number of nitrogens with zero attached hydrogens (tertiary/aromatic N) is 1. The van der Waals surface area contributed by atoms with Gasteiger partial charge in [0, 0.05) is 16.5 Å². The summed E-state index contributed by atoms with van der Waals surface area (Å²) >= 11 is 6.30. The van der Waals surface area contributed by atoms with Crippen molar-refractivity contribution in [3.8, 4) is 0 Å². The van der Waals surface area contributed by atoms with Crippen molar-refractivity contribution in [3.05, 3.63) is 34.3 Å². The van der Waals surface area contributed by atoms with Gasteiger partial charge in [0.1, 0.15) is 0 Å². The molecule has 1 unspecified atom stereocenters. The molecule has 3 atom stereocenters. The minimum atomic E-state index is 0.452. The molecule has 0 aromatic heterocycles. The number of benzene rings is 1. The fourth-order valence-corrected chi connectivity index (χ4v) is 5.34. The molecule has 2 aliphatic carbocycles. The van der Waals surface area contributed by atoms with Crippen molar-refractivity contribution in [1.29, 1.82) is 0 Å². The van der Waals surface area contributed by atoms with Gasteiger partial charge in [0.15, 0.2) is 0 Å². The zero-order valence-corrected chi connectivity index (χ0v) is 12.4. The molecule has 1 aromatic rings. The van der Waals surface area contributed by atoms with E-state index < -0.39 is 0 Å². The molecule has 0 radical (unpaired) electrons. The second-order valence-corrected chi connectivity index (χ2v) is 7.25. The molecule has 1 saturated carbocycles. The molecular weight excluding hydrogens is 254 g/mol. The van der Waals surface area contributed by atoms with Gasteiger partial charge in [0.05, 0.1) is 0 Å². The Hall–Kier alpha value is -0.530. The average Bonchev–Trinajstić information content (AvgIpc) is 2.43. The molecule has 1 aliphatic heterocycles. The molecule has 0 spiro atoms. The molecule has 2 fully saturated rings. The summed E-state index contributed by atoms with van der Waals surface area (Å²) in [6, 6.07) is 7.42. The van der Waals surface area contributed by atoms with Crippen LogP contribution in [0.1, 0.15) is 43.2 Å². The Bertz CT molecular complexity index is 512. The number of rotatable bonds is 0. The van der Waals surface area contributed by atoms with E-state index in [0.29, 0.717) is 5.41 Å². The molecule has 2 heteroatoms. The van der Waals surface area contributed by atoms with E-state index in [1.807, 2.05) is 0 Å². The lowest BCUT2D eigenvalue weighted by Crippen LogP contribution is -2.59. The summed E-state index contributed by atoms with van der Waals surface area (Å²) in [6.07, 6.45) is 8.19. The third kappa shape index (κ3) is 1.64. The quantitative estimate of drug-likeness (QED) is 0.691. The van der Waals surface area contributed by atoms with E-state index >= 15 is 0 Å². The Morgan fingerprint density at radius 2 is 2.16 bits per heavy atom. The van der Waals surface area contributed by atoms with Gasteiger partial charge in [-0.3, -0.25) is 0 Å². The van der Waals surface area contributed by atoms with Crippen LogP contribution in [0.15, 0.2) is 18.2 Å². The van der Waals surface area contributed by atoms with Gasteiger partial charge < -0.3 is 4.90 Å². The smallest absolute Gasteiger partial charge is 0.0409 e. The van der Waals surface area contributed by atoms with Crippen LogP contribution in [-0.4, -0.2) is 24.5 Å². The first-order valence-corrected chi connectivity index (χ1v) is 8.08. The molecule has 2 bridgehead atoms. The molecule has 1 heterocycles. The lowest BCUT2D eigenvalue weighted by atomic mass is 9.52. The summed E-state index contributed by atoms with van der Waals surface area (Å²) in [5, 5.41) is 0.926. The maximum absolute atomic E-state index is 6.30. The van der Waals surface area contributed by atoms with Crippen molar-refractivity contribution in [1.82, 2.24) is 4.90 Å². The summed E-state index contributed by atoms with van der Waals surface area (Å²) in [5.41, 5.74) is 3.63. The molecular formula is C17H22ClN. The topological polar surface area (TPSA) is 3.24 Å². The number of likely N-dealkylation sites (tertiary alicyclic amines) is 1. The van der Waals surface area contributed by atoms with Crippen LogP contribution >= 0.6 is 11.6 Å². The Labute approximate surface area is 120 Å². The van der Waals surface area contributed by atoms with Crippen molar-refractivity contribution in [2.24, 2.45) is 5.92 Å². The van der Waals surface area contributed by atoms with Gasteiger partial charge in [-0.05, 0) is 68.5 Å². The van der Waals surface area contributed by atoms with Crippen LogP contribution in [0, 0.1) is 5.92 Å². The van der Waals surface area contributed by atoms with Gasteiger partial charge in [0.2, 0.25) is 0 Å². The predicted octanol–water partition coefficient (Wildman–Crippen LogP) is 4.03. The minimum absolute atomic E-state index is 0.452. The highest BCUT2D eigenvalue weighted by Gasteiger charge is 2.52. The predicted molar refractivity (Wildman–Crippen MR) is 79.8 cm³/mol. The second kappa shape index (κ2) is 4.23. The Morgan fingerprint density at radius 1 is 1.26 bits per heavy atom. The summed E-state index contributed by atoms with van der Waals surface area (Å²) in [5.74, 6) is 0.867. The average molecular weight is 276 g/mol. The molecule has 1 nitrogen and oxygen atoms in total. The Morgan fingerprint density at radius 3 is 3.05 bits per heavy atom. The fourth-order valence-electron chi connectivity index (χ4n) is 5.17. The highest BCUT2D eigenvalue weighted by Crippen LogP contribution is 2.55. The molecule has 1 aromatic carbocycles. The Balaban J connectivity index is 1.90. The maximum Gasteiger partial charge on any atom is 0.0409 e. The number of halogens is 1. The van der Waals surface area contributed by atoms with Crippen LogP contribution in [0.4, 0.5) is 0 Å². The zero-order valence-electron chi connectivity index (χ0n) is 11.7. The van der Waals surface area contributed by atoms with Crippen LogP contribution in [0.2, 0.25) is 5.02 Å². The van der Waals surface area contributed by atoms with Gasteiger partial charge in [0.25, 0.3) is 0 Å². The molecule has 102 valence electrons. The number of fused-ring (bicyclic) bond motifs is 1. The van der Waals surface area contributed by atoms with Crippen molar-refractivity contribution >= 4 is 11.6 Å². The van der Waals surface area contributed by atoms with Crippen molar-refractivity contribution in [2.45, 2.75) is 50.0 Å². The minimum Gasteiger partial charge on any atom is -0.303 e. The molecule has 4 rings (SSSR count). The molecule has 19 heavy (non-hydrogen) atoms. The number of likely N-dealkylation sites (N-methyl/N-ethyl adjacent to an activating group) is 1. The van der Waals surface area contributed by atoms with E-state index in [1.54, 1.807) is 11.1 Å². The van der Waals surface area contributed by atoms with E-state index in [4.69, 9.17) is 11.6 Å². The number of hydrogen-bond acceptors (Lipinski definition) is 1. The van der Waals surface area contributed by atoms with Crippen LogP contribution in [0.25, 0.3) is 0 Å².